The highest BCUT2D eigenvalue weighted by atomic mass is 19.1. The van der Waals surface area contributed by atoms with E-state index in [0.717, 1.165) is 19.3 Å². The summed E-state index contributed by atoms with van der Waals surface area (Å²) in [5.41, 5.74) is 7.72. The fourth-order valence-corrected chi connectivity index (χ4v) is 3.49. The Kier molecular flexibility index (Phi) is 4.64. The lowest BCUT2D eigenvalue weighted by Gasteiger charge is -2.34. The highest BCUT2D eigenvalue weighted by Gasteiger charge is 2.31. The molecule has 0 radical (unpaired) electrons. The normalized spacial score (nSPS) is 16.9. The minimum absolute atomic E-state index is 0.146. The number of likely N-dealkylation sites (tertiary alicyclic amines) is 1. The summed E-state index contributed by atoms with van der Waals surface area (Å²) in [6.45, 7) is 0.583. The fourth-order valence-electron chi connectivity index (χ4n) is 3.49. The van der Waals surface area contributed by atoms with Gasteiger partial charge in [0.25, 0.3) is 11.8 Å². The number of halogens is 1. The van der Waals surface area contributed by atoms with Crippen LogP contribution in [-0.4, -0.2) is 43.7 Å². The molecule has 0 unspecified atom stereocenters. The van der Waals surface area contributed by atoms with Crippen molar-refractivity contribution in [2.24, 2.45) is 5.73 Å². The van der Waals surface area contributed by atoms with E-state index >= 15 is 0 Å². The van der Waals surface area contributed by atoms with E-state index in [1.54, 1.807) is 29.2 Å². The van der Waals surface area contributed by atoms with Gasteiger partial charge in [0.15, 0.2) is 0 Å². The molecule has 2 aromatic heterocycles. The number of rotatable bonds is 4. The van der Waals surface area contributed by atoms with Gasteiger partial charge < -0.3 is 10.6 Å². The smallest absolute Gasteiger partial charge is 0.272 e. The number of aromatic nitrogens is 4. The van der Waals surface area contributed by atoms with Gasteiger partial charge >= 0.3 is 0 Å². The summed E-state index contributed by atoms with van der Waals surface area (Å²) in [5, 5.41) is 13.7. The second-order valence-corrected chi connectivity index (χ2v) is 6.76. The van der Waals surface area contributed by atoms with E-state index in [4.69, 9.17) is 5.73 Å². The number of hydrogen-bond acceptors (Lipinski definition) is 4. The molecule has 4 N–H and O–H groups in total. The number of nitrogens with zero attached hydrogens (tertiary/aromatic N) is 3. The Morgan fingerprint density at radius 1 is 1.11 bits per heavy atom. The molecule has 0 aliphatic carbocycles. The third-order valence-electron chi connectivity index (χ3n) is 4.92. The topological polar surface area (TPSA) is 121 Å². The summed E-state index contributed by atoms with van der Waals surface area (Å²) >= 11 is 0. The van der Waals surface area contributed by atoms with Crippen LogP contribution in [0.2, 0.25) is 0 Å². The molecule has 8 nitrogen and oxygen atoms in total. The van der Waals surface area contributed by atoms with Gasteiger partial charge in [0, 0.05) is 12.1 Å². The van der Waals surface area contributed by atoms with Crippen LogP contribution in [0.3, 0.4) is 0 Å². The maximum atomic E-state index is 13.1. The predicted octanol–water partition coefficient (Wildman–Crippen LogP) is 2.41. The molecule has 9 heteroatoms. The molecule has 1 aliphatic rings. The average Bonchev–Trinajstić information content (AvgIpc) is 3.38. The third-order valence-corrected chi connectivity index (χ3v) is 4.92. The lowest BCUT2D eigenvalue weighted by Crippen LogP contribution is -2.38. The zero-order valence-corrected chi connectivity index (χ0v) is 15.0. The molecule has 0 bridgehead atoms. The van der Waals surface area contributed by atoms with Crippen LogP contribution in [-0.2, 0) is 0 Å². The molecular weight excluding hydrogens is 363 g/mol. The lowest BCUT2D eigenvalue weighted by atomic mass is 9.98. The van der Waals surface area contributed by atoms with Crippen LogP contribution in [0.25, 0.3) is 11.3 Å². The fraction of sp³-hybridized carbons (Fsp3) is 0.263. The molecule has 1 fully saturated rings. The molecular formula is C19H19FN6O2. The maximum absolute atomic E-state index is 13.1. The van der Waals surface area contributed by atoms with Crippen LogP contribution in [0.4, 0.5) is 4.39 Å². The summed E-state index contributed by atoms with van der Waals surface area (Å²) in [4.78, 5) is 26.1. The van der Waals surface area contributed by atoms with E-state index < -0.39 is 5.91 Å². The van der Waals surface area contributed by atoms with E-state index in [0.29, 0.717) is 29.2 Å². The van der Waals surface area contributed by atoms with Gasteiger partial charge in [-0.15, -0.1) is 0 Å². The quantitative estimate of drug-likeness (QED) is 0.641. The maximum Gasteiger partial charge on any atom is 0.272 e. The first-order valence-corrected chi connectivity index (χ1v) is 9.00. The Morgan fingerprint density at radius 2 is 1.89 bits per heavy atom. The van der Waals surface area contributed by atoms with E-state index in [2.05, 4.69) is 20.4 Å². The van der Waals surface area contributed by atoms with Crippen LogP contribution in [0.1, 0.15) is 52.0 Å². The monoisotopic (exact) mass is 382 g/mol. The first kappa shape index (κ1) is 17.9. The van der Waals surface area contributed by atoms with Gasteiger partial charge in [-0.2, -0.15) is 10.2 Å². The Bertz CT molecular complexity index is 1010. The van der Waals surface area contributed by atoms with Gasteiger partial charge in [-0.05, 0) is 55.7 Å². The number of carbonyl (C=O) groups is 2. The van der Waals surface area contributed by atoms with E-state index in [1.807, 2.05) is 0 Å². The molecule has 3 aromatic rings. The number of H-pyrrole nitrogens is 2. The molecule has 1 aromatic carbocycles. The summed E-state index contributed by atoms with van der Waals surface area (Å²) in [5.74, 6) is -1.14. The summed E-state index contributed by atoms with van der Waals surface area (Å²) in [7, 11) is 0. The third kappa shape index (κ3) is 3.38. The van der Waals surface area contributed by atoms with Gasteiger partial charge in [-0.25, -0.2) is 4.39 Å². The molecule has 1 aliphatic heterocycles. The minimum atomic E-state index is -0.617. The van der Waals surface area contributed by atoms with Crippen molar-refractivity contribution in [3.63, 3.8) is 0 Å². The van der Waals surface area contributed by atoms with Crippen molar-refractivity contribution < 1.29 is 14.0 Å². The average molecular weight is 382 g/mol. The van der Waals surface area contributed by atoms with Gasteiger partial charge in [-0.1, -0.05) is 0 Å². The Balaban J connectivity index is 1.58. The lowest BCUT2D eigenvalue weighted by molar-refractivity contribution is 0.0600. The van der Waals surface area contributed by atoms with Crippen molar-refractivity contribution in [3.05, 3.63) is 59.3 Å². The van der Waals surface area contributed by atoms with Gasteiger partial charge in [0.05, 0.1) is 17.4 Å². The minimum Gasteiger partial charge on any atom is -0.364 e. The van der Waals surface area contributed by atoms with Crippen LogP contribution in [0.5, 0.6) is 0 Å². The van der Waals surface area contributed by atoms with Crippen molar-refractivity contribution in [3.8, 4) is 11.3 Å². The second-order valence-electron chi connectivity index (χ2n) is 6.76. The van der Waals surface area contributed by atoms with Gasteiger partial charge in [-0.3, -0.25) is 19.8 Å². The molecule has 1 saturated heterocycles. The van der Waals surface area contributed by atoms with Crippen LogP contribution >= 0.6 is 0 Å². The summed E-state index contributed by atoms with van der Waals surface area (Å²) < 4.78 is 13.1. The second kappa shape index (κ2) is 7.26. The molecule has 3 heterocycles. The Morgan fingerprint density at radius 3 is 2.61 bits per heavy atom. The zero-order valence-electron chi connectivity index (χ0n) is 15.0. The molecule has 4 rings (SSSR count). The molecule has 0 spiro atoms. The predicted molar refractivity (Wildman–Crippen MR) is 98.7 cm³/mol. The number of nitrogens with two attached hydrogens (primary N) is 1. The van der Waals surface area contributed by atoms with Crippen LogP contribution < -0.4 is 5.73 Å². The number of benzene rings is 1. The SMILES string of the molecule is NC(=O)c1cc([C@H]2CCCCN2C(=O)c2cc(-c3ccc(F)cc3)n[nH]2)[nH]n1. The zero-order chi connectivity index (χ0) is 19.7. The van der Waals surface area contributed by atoms with Crippen molar-refractivity contribution in [2.45, 2.75) is 25.3 Å². The van der Waals surface area contributed by atoms with Crippen molar-refractivity contribution in [2.75, 3.05) is 6.54 Å². The van der Waals surface area contributed by atoms with Crippen molar-refractivity contribution >= 4 is 11.8 Å². The van der Waals surface area contributed by atoms with Gasteiger partial charge in [0.1, 0.15) is 17.2 Å². The van der Waals surface area contributed by atoms with E-state index in [9.17, 15) is 14.0 Å². The number of carbonyl (C=O) groups excluding carboxylic acids is 2. The highest BCUT2D eigenvalue weighted by Crippen LogP contribution is 2.31. The summed E-state index contributed by atoms with van der Waals surface area (Å²) in [6.07, 6.45) is 2.60. The largest absolute Gasteiger partial charge is 0.364 e. The molecule has 28 heavy (non-hydrogen) atoms. The number of primary amides is 1. The number of nitrogens with one attached hydrogen (secondary N) is 2. The highest BCUT2D eigenvalue weighted by molar-refractivity contribution is 5.94. The molecule has 144 valence electrons. The molecule has 1 atom stereocenters. The van der Waals surface area contributed by atoms with Crippen LogP contribution in [0.15, 0.2) is 36.4 Å². The van der Waals surface area contributed by atoms with Crippen molar-refractivity contribution in [1.82, 2.24) is 25.3 Å². The number of hydrogen-bond donors (Lipinski definition) is 3. The number of aromatic amines is 2. The Hall–Kier alpha value is -3.49. The molecule has 2 amide bonds. The number of amides is 2. The molecule has 0 saturated carbocycles. The van der Waals surface area contributed by atoms with Crippen LogP contribution in [0, 0.1) is 5.82 Å². The Labute approximate surface area is 159 Å². The first-order valence-electron chi connectivity index (χ1n) is 9.00. The first-order chi connectivity index (χ1) is 13.5. The van der Waals surface area contributed by atoms with Crippen molar-refractivity contribution in [1.29, 1.82) is 0 Å². The van der Waals surface area contributed by atoms with E-state index in [-0.39, 0.29) is 23.5 Å². The van der Waals surface area contributed by atoms with Gasteiger partial charge in [0.2, 0.25) is 0 Å². The summed E-state index contributed by atoms with van der Waals surface area (Å²) in [6, 6.07) is 8.94. The van der Waals surface area contributed by atoms with E-state index in [1.165, 1.54) is 12.1 Å². The standard InChI is InChI=1S/C19H19FN6O2/c20-12-6-4-11(5-7-12)13-9-16(25-22-13)19(28)26-8-2-1-3-17(26)14-10-15(18(21)27)24-23-14/h4-7,9-10,17H,1-3,8H2,(H2,21,27)(H,22,25)(H,23,24)/t17-/m1/s1. The number of piperidine rings is 1.